The third-order valence-corrected chi connectivity index (χ3v) is 8.47. The molecule has 0 aromatic heterocycles. The highest BCUT2D eigenvalue weighted by Gasteiger charge is 2.67. The van der Waals surface area contributed by atoms with E-state index in [1.165, 1.54) is 4.90 Å². The second-order valence-corrected chi connectivity index (χ2v) is 10.3. The number of methoxy groups -OCH3 is 1. The van der Waals surface area contributed by atoms with E-state index in [1.807, 2.05) is 61.7 Å². The summed E-state index contributed by atoms with van der Waals surface area (Å²) in [6.45, 7) is 2.04. The van der Waals surface area contributed by atoms with Gasteiger partial charge in [0.05, 0.1) is 35.7 Å². The SMILES string of the molecule is COc1ccc(N2C(=O)[C@@H]3C4c5ccccc5C(C=Nc5ccc(C)cc5)(c5ccccc54)[C@@H]3C2=O)cc1. The highest BCUT2D eigenvalue weighted by Crippen LogP contribution is 2.63. The van der Waals surface area contributed by atoms with Crippen molar-refractivity contribution in [2.75, 3.05) is 12.0 Å². The van der Waals surface area contributed by atoms with Crippen LogP contribution in [0.4, 0.5) is 11.4 Å². The van der Waals surface area contributed by atoms with Gasteiger partial charge in [-0.15, -0.1) is 0 Å². The van der Waals surface area contributed by atoms with Crippen LogP contribution in [0.3, 0.4) is 0 Å². The molecule has 4 aromatic carbocycles. The van der Waals surface area contributed by atoms with E-state index in [1.54, 1.807) is 31.4 Å². The molecule has 1 aliphatic heterocycles. The van der Waals surface area contributed by atoms with Crippen molar-refractivity contribution in [3.05, 3.63) is 125 Å². The van der Waals surface area contributed by atoms with Crippen LogP contribution in [0.15, 0.2) is 102 Å². The molecule has 1 fully saturated rings. The van der Waals surface area contributed by atoms with Gasteiger partial charge in [0.25, 0.3) is 0 Å². The highest BCUT2D eigenvalue weighted by molar-refractivity contribution is 6.25. The molecule has 0 unspecified atom stereocenters. The Labute approximate surface area is 221 Å². The molecular formula is C33H26N2O3. The van der Waals surface area contributed by atoms with E-state index in [0.717, 1.165) is 33.5 Å². The zero-order chi connectivity index (χ0) is 26.0. The Morgan fingerprint density at radius 2 is 1.39 bits per heavy atom. The number of amides is 2. The minimum Gasteiger partial charge on any atom is -0.497 e. The fraction of sp³-hybridized carbons (Fsp3) is 0.182. The number of nitrogens with zero attached hydrogens (tertiary/aromatic N) is 2. The minimum absolute atomic E-state index is 0.160. The molecule has 186 valence electrons. The van der Waals surface area contributed by atoms with Gasteiger partial charge in [0.2, 0.25) is 11.8 Å². The first-order valence-electron chi connectivity index (χ1n) is 12.9. The number of imide groups is 1. The molecule has 0 saturated carbocycles. The number of benzene rings is 4. The van der Waals surface area contributed by atoms with Crippen molar-refractivity contribution in [2.24, 2.45) is 16.8 Å². The fourth-order valence-electron chi connectivity index (χ4n) is 6.84. The fourth-order valence-corrected chi connectivity index (χ4v) is 6.84. The molecule has 5 nitrogen and oxygen atoms in total. The summed E-state index contributed by atoms with van der Waals surface area (Å²) < 4.78 is 5.30. The predicted octanol–water partition coefficient (Wildman–Crippen LogP) is 5.96. The van der Waals surface area contributed by atoms with Gasteiger partial charge >= 0.3 is 0 Å². The Morgan fingerprint density at radius 3 is 2.00 bits per heavy atom. The maximum Gasteiger partial charge on any atom is 0.239 e. The molecule has 3 aliphatic carbocycles. The van der Waals surface area contributed by atoms with Crippen LogP contribution >= 0.6 is 0 Å². The summed E-state index contributed by atoms with van der Waals surface area (Å²) in [6.07, 6.45) is 1.94. The molecule has 2 bridgehead atoms. The second kappa shape index (κ2) is 8.25. The van der Waals surface area contributed by atoms with Gasteiger partial charge in [-0.1, -0.05) is 66.2 Å². The molecule has 1 saturated heterocycles. The number of carbonyl (C=O) groups excluding carboxylic acids is 2. The summed E-state index contributed by atoms with van der Waals surface area (Å²) in [5.74, 6) is -0.977. The number of hydrogen-bond acceptors (Lipinski definition) is 4. The predicted molar refractivity (Wildman–Crippen MR) is 147 cm³/mol. The van der Waals surface area contributed by atoms with Crippen LogP contribution in [0.25, 0.3) is 0 Å². The maximum absolute atomic E-state index is 14.4. The van der Waals surface area contributed by atoms with Crippen molar-refractivity contribution in [2.45, 2.75) is 18.3 Å². The summed E-state index contributed by atoms with van der Waals surface area (Å²) in [5.41, 5.74) is 5.97. The lowest BCUT2D eigenvalue weighted by Crippen LogP contribution is -2.54. The van der Waals surface area contributed by atoms with Crippen LogP contribution in [0.2, 0.25) is 0 Å². The van der Waals surface area contributed by atoms with Gasteiger partial charge in [-0.05, 0) is 65.6 Å². The van der Waals surface area contributed by atoms with E-state index in [4.69, 9.17) is 9.73 Å². The molecule has 4 aromatic rings. The number of aryl methyl sites for hydroxylation is 1. The van der Waals surface area contributed by atoms with Gasteiger partial charge in [0.1, 0.15) is 5.75 Å². The molecule has 38 heavy (non-hydrogen) atoms. The van der Waals surface area contributed by atoms with Crippen LogP contribution < -0.4 is 9.64 Å². The number of carbonyl (C=O) groups is 2. The summed E-state index contributed by atoms with van der Waals surface area (Å²) in [7, 11) is 1.60. The molecule has 4 aliphatic rings. The van der Waals surface area contributed by atoms with Crippen molar-refractivity contribution in [3.63, 3.8) is 0 Å². The van der Waals surface area contributed by atoms with Crippen molar-refractivity contribution >= 4 is 29.4 Å². The van der Waals surface area contributed by atoms with Crippen LogP contribution in [0.1, 0.15) is 33.7 Å². The van der Waals surface area contributed by atoms with Crippen molar-refractivity contribution < 1.29 is 14.3 Å². The standard InChI is InChI=1S/C33H26N2O3/c1-20-11-13-21(14-12-20)34-19-33-26-9-5-3-7-24(26)28(25-8-4-6-10-27(25)33)29-30(33)32(37)35(31(29)36)22-15-17-23(38-2)18-16-22/h3-19,28-30H,1-2H3/t28?,29-,30+,33?/m1/s1. The van der Waals surface area contributed by atoms with Crippen molar-refractivity contribution in [1.29, 1.82) is 0 Å². The van der Waals surface area contributed by atoms with E-state index in [-0.39, 0.29) is 17.7 Å². The summed E-state index contributed by atoms with van der Waals surface area (Å²) in [6, 6.07) is 31.6. The van der Waals surface area contributed by atoms with E-state index < -0.39 is 17.3 Å². The van der Waals surface area contributed by atoms with Gasteiger partial charge in [0.15, 0.2) is 0 Å². The van der Waals surface area contributed by atoms with Gasteiger partial charge in [-0.2, -0.15) is 0 Å². The first-order chi connectivity index (χ1) is 18.5. The smallest absolute Gasteiger partial charge is 0.239 e. The average Bonchev–Trinajstić information content (AvgIpc) is 3.23. The molecule has 0 N–H and O–H groups in total. The Bertz CT molecular complexity index is 1570. The monoisotopic (exact) mass is 498 g/mol. The Morgan fingerprint density at radius 1 is 0.789 bits per heavy atom. The third kappa shape index (κ3) is 2.96. The van der Waals surface area contributed by atoms with Gasteiger partial charge < -0.3 is 4.74 Å². The number of ether oxygens (including phenoxy) is 1. The summed E-state index contributed by atoms with van der Waals surface area (Å²) in [4.78, 5) is 34.9. The van der Waals surface area contributed by atoms with E-state index in [2.05, 4.69) is 24.3 Å². The molecule has 0 spiro atoms. The normalized spacial score (nSPS) is 24.9. The van der Waals surface area contributed by atoms with Gasteiger partial charge in [-0.25, -0.2) is 4.90 Å². The topological polar surface area (TPSA) is 59.0 Å². The molecule has 1 heterocycles. The highest BCUT2D eigenvalue weighted by atomic mass is 16.5. The Hall–Kier alpha value is -4.51. The molecule has 0 radical (unpaired) electrons. The number of aliphatic imine (C=N–C) groups is 1. The number of anilines is 1. The van der Waals surface area contributed by atoms with E-state index in [0.29, 0.717) is 11.4 Å². The van der Waals surface area contributed by atoms with E-state index in [9.17, 15) is 9.59 Å². The van der Waals surface area contributed by atoms with Crippen LogP contribution in [-0.4, -0.2) is 25.1 Å². The molecule has 2 amide bonds. The first-order valence-corrected chi connectivity index (χ1v) is 12.9. The molecule has 8 rings (SSSR count). The number of hydrogen-bond donors (Lipinski definition) is 0. The third-order valence-electron chi connectivity index (χ3n) is 8.47. The van der Waals surface area contributed by atoms with Crippen molar-refractivity contribution in [3.8, 4) is 5.75 Å². The van der Waals surface area contributed by atoms with Crippen LogP contribution in [0, 0.1) is 18.8 Å². The quantitative estimate of drug-likeness (QED) is 0.258. The number of rotatable bonds is 4. The average molecular weight is 499 g/mol. The van der Waals surface area contributed by atoms with Gasteiger partial charge in [-0.3, -0.25) is 14.6 Å². The van der Waals surface area contributed by atoms with Crippen LogP contribution in [0.5, 0.6) is 5.75 Å². The maximum atomic E-state index is 14.4. The van der Waals surface area contributed by atoms with Crippen LogP contribution in [-0.2, 0) is 15.0 Å². The lowest BCUT2D eigenvalue weighted by Gasteiger charge is -2.52. The zero-order valence-corrected chi connectivity index (χ0v) is 21.2. The van der Waals surface area contributed by atoms with Crippen molar-refractivity contribution in [1.82, 2.24) is 0 Å². The molecule has 2 atom stereocenters. The largest absolute Gasteiger partial charge is 0.497 e. The molecular weight excluding hydrogens is 472 g/mol. The molecule has 5 heteroatoms. The summed E-state index contributed by atoms with van der Waals surface area (Å²) in [5, 5.41) is 0. The minimum atomic E-state index is -0.870. The Balaban J connectivity index is 1.47. The lowest BCUT2D eigenvalue weighted by atomic mass is 9.47. The first kappa shape index (κ1) is 22.7. The van der Waals surface area contributed by atoms with E-state index >= 15 is 0 Å². The zero-order valence-electron chi connectivity index (χ0n) is 21.2. The summed E-state index contributed by atoms with van der Waals surface area (Å²) >= 11 is 0. The second-order valence-electron chi connectivity index (χ2n) is 10.3. The van der Waals surface area contributed by atoms with Gasteiger partial charge in [0, 0.05) is 12.1 Å². The lowest BCUT2D eigenvalue weighted by molar-refractivity contribution is -0.122. The Kier molecular flexibility index (Phi) is 4.92.